The monoisotopic (exact) mass is 243 g/mol. The molecule has 2 aromatic rings. The second kappa shape index (κ2) is 4.13. The predicted molar refractivity (Wildman–Crippen MR) is 71.7 cm³/mol. The first-order valence-corrected chi connectivity index (χ1v) is 6.14. The zero-order valence-electron chi connectivity index (χ0n) is 13.7. The van der Waals surface area contributed by atoms with E-state index in [4.69, 9.17) is 8.85 Å². The Morgan fingerprint density at radius 3 is 2.94 bits per heavy atom. The zero-order chi connectivity index (χ0) is 15.2. The molecule has 0 atom stereocenters. The third-order valence-corrected chi connectivity index (χ3v) is 3.45. The van der Waals surface area contributed by atoms with Crippen LogP contribution in [-0.2, 0) is 13.5 Å². The fourth-order valence-electron chi connectivity index (χ4n) is 2.53. The quantitative estimate of drug-likeness (QED) is 0.702. The Kier molecular flexibility index (Phi) is 1.90. The van der Waals surface area contributed by atoms with E-state index in [2.05, 4.69) is 19.1 Å². The second-order valence-corrected chi connectivity index (χ2v) is 4.76. The van der Waals surface area contributed by atoms with Crippen LogP contribution in [0.5, 0.6) is 5.75 Å². The highest BCUT2D eigenvalue weighted by molar-refractivity contribution is 5.72. The number of rotatable bonds is 1. The Bertz CT molecular complexity index is 707. The summed E-state index contributed by atoms with van der Waals surface area (Å²) in [6.07, 6.45) is 2.61. The van der Waals surface area contributed by atoms with Crippen molar-refractivity contribution in [3.63, 3.8) is 0 Å². The molecule has 1 aromatic carbocycles. The van der Waals surface area contributed by atoms with Gasteiger partial charge in [-0.3, -0.25) is 0 Å². The number of aromatic nitrogens is 1. The molecule has 0 saturated carbocycles. The van der Waals surface area contributed by atoms with Gasteiger partial charge in [0.05, 0.1) is 12.2 Å². The minimum Gasteiger partial charge on any atom is -0.492 e. The lowest BCUT2D eigenvalue weighted by Crippen LogP contribution is -2.31. The molecular formula is C16H18NO+. The number of fused-ring (bicyclic) bond motifs is 1. The van der Waals surface area contributed by atoms with Crippen molar-refractivity contribution in [3.8, 4) is 17.0 Å². The molecule has 0 radical (unpaired) electrons. The molecule has 3 rings (SSSR count). The van der Waals surface area contributed by atoms with Crippen molar-refractivity contribution in [1.29, 1.82) is 0 Å². The fraction of sp³-hybridized carbons (Fsp3) is 0.312. The highest BCUT2D eigenvalue weighted by Gasteiger charge is 2.23. The molecular weight excluding hydrogens is 222 g/mol. The minimum atomic E-state index is -2.08. The van der Waals surface area contributed by atoms with Crippen LogP contribution in [0.3, 0.4) is 0 Å². The largest absolute Gasteiger partial charge is 0.492 e. The average molecular weight is 243 g/mol. The van der Waals surface area contributed by atoms with Crippen LogP contribution >= 0.6 is 0 Å². The normalized spacial score (nSPS) is 16.4. The first-order chi connectivity index (χ1) is 9.88. The molecule has 2 nitrogen and oxygen atoms in total. The maximum atomic E-state index is 7.50. The van der Waals surface area contributed by atoms with E-state index in [9.17, 15) is 0 Å². The summed E-state index contributed by atoms with van der Waals surface area (Å²) in [5.74, 6) is 0.937. The second-order valence-electron chi connectivity index (χ2n) is 4.76. The summed E-state index contributed by atoms with van der Waals surface area (Å²) in [5, 5.41) is 0. The van der Waals surface area contributed by atoms with Crippen LogP contribution < -0.4 is 9.30 Å². The molecule has 1 aliphatic heterocycles. The summed E-state index contributed by atoms with van der Waals surface area (Å²) in [6.45, 7) is 0.679. The fourth-order valence-corrected chi connectivity index (χ4v) is 2.53. The van der Waals surface area contributed by atoms with Gasteiger partial charge in [0.1, 0.15) is 12.8 Å². The number of ether oxygens (including phenoxy) is 1. The summed E-state index contributed by atoms with van der Waals surface area (Å²) >= 11 is 0. The van der Waals surface area contributed by atoms with Gasteiger partial charge in [-0.15, -0.1) is 0 Å². The summed E-state index contributed by atoms with van der Waals surface area (Å²) in [5.41, 5.74) is 4.73. The molecule has 0 fully saturated rings. The molecule has 1 aliphatic rings. The van der Waals surface area contributed by atoms with Gasteiger partial charge in [0.2, 0.25) is 5.69 Å². The number of aryl methyl sites for hydroxylation is 3. The third kappa shape index (κ3) is 1.69. The van der Waals surface area contributed by atoms with Gasteiger partial charge in [0, 0.05) is 22.2 Å². The topological polar surface area (TPSA) is 13.1 Å². The number of hydrogen-bond donors (Lipinski definition) is 0. The van der Waals surface area contributed by atoms with Crippen molar-refractivity contribution in [1.82, 2.24) is 0 Å². The molecule has 0 bridgehead atoms. The molecule has 18 heavy (non-hydrogen) atoms. The van der Waals surface area contributed by atoms with Crippen LogP contribution in [0.15, 0.2) is 30.5 Å². The standard InChI is InChI=1S/C16H18NO/c1-11-4-7-14(17(3)10-11)15-12(2)5-6-13-8-9-18-16(13)15/h4-7,10H,8-9H2,1-3H3/q+1/i1D3. The molecule has 0 unspecified atom stereocenters. The molecule has 0 spiro atoms. The van der Waals surface area contributed by atoms with Crippen LogP contribution in [0, 0.1) is 13.8 Å². The molecule has 0 N–H and O–H groups in total. The first kappa shape index (κ1) is 8.30. The summed E-state index contributed by atoms with van der Waals surface area (Å²) < 4.78 is 30.2. The number of nitrogens with zero attached hydrogens (tertiary/aromatic N) is 1. The van der Waals surface area contributed by atoms with Gasteiger partial charge in [-0.05, 0) is 31.0 Å². The smallest absolute Gasteiger partial charge is 0.216 e. The molecule has 92 valence electrons. The molecule has 0 saturated heterocycles. The van der Waals surface area contributed by atoms with E-state index < -0.39 is 6.85 Å². The highest BCUT2D eigenvalue weighted by Crippen LogP contribution is 2.37. The molecule has 2 heteroatoms. The SMILES string of the molecule is [2H]C([2H])([2H])c1ccc(-c2c(C)ccc3c2OCC3)[n+](C)c1. The molecule has 0 amide bonds. The van der Waals surface area contributed by atoms with Gasteiger partial charge in [-0.1, -0.05) is 12.1 Å². The van der Waals surface area contributed by atoms with Crippen molar-refractivity contribution in [2.45, 2.75) is 20.2 Å². The lowest BCUT2D eigenvalue weighted by Gasteiger charge is -2.10. The number of pyridine rings is 1. The minimum absolute atomic E-state index is 0.347. The Hall–Kier alpha value is -1.83. The Morgan fingerprint density at radius 1 is 1.28 bits per heavy atom. The molecule has 1 aromatic heterocycles. The maximum Gasteiger partial charge on any atom is 0.216 e. The first-order valence-electron chi connectivity index (χ1n) is 7.64. The van der Waals surface area contributed by atoms with E-state index in [0.717, 1.165) is 29.0 Å². The van der Waals surface area contributed by atoms with E-state index >= 15 is 0 Å². The summed E-state index contributed by atoms with van der Waals surface area (Å²) in [6, 6.07) is 7.75. The molecule has 2 heterocycles. The van der Waals surface area contributed by atoms with Gasteiger partial charge in [-0.25, -0.2) is 4.57 Å². The maximum absolute atomic E-state index is 7.50. The van der Waals surface area contributed by atoms with E-state index in [1.165, 1.54) is 5.56 Å². The Balaban J connectivity index is 2.17. The summed E-state index contributed by atoms with van der Waals surface area (Å²) in [4.78, 5) is 0. The van der Waals surface area contributed by atoms with Crippen LogP contribution in [0.2, 0.25) is 0 Å². The lowest BCUT2D eigenvalue weighted by molar-refractivity contribution is -0.660. The van der Waals surface area contributed by atoms with Crippen LogP contribution in [-0.4, -0.2) is 6.61 Å². The van der Waals surface area contributed by atoms with Crippen molar-refractivity contribution in [2.75, 3.05) is 6.61 Å². The van der Waals surface area contributed by atoms with Crippen LogP contribution in [0.4, 0.5) is 0 Å². The van der Waals surface area contributed by atoms with E-state index in [0.29, 0.717) is 12.2 Å². The summed E-state index contributed by atoms with van der Waals surface area (Å²) in [7, 11) is 1.87. The van der Waals surface area contributed by atoms with Gasteiger partial charge in [-0.2, -0.15) is 0 Å². The van der Waals surface area contributed by atoms with Crippen LogP contribution in [0.1, 0.15) is 20.8 Å². The van der Waals surface area contributed by atoms with Crippen molar-refractivity contribution >= 4 is 0 Å². The van der Waals surface area contributed by atoms with E-state index in [1.54, 1.807) is 12.3 Å². The number of hydrogen-bond acceptors (Lipinski definition) is 1. The zero-order valence-corrected chi connectivity index (χ0v) is 10.7. The van der Waals surface area contributed by atoms with Crippen molar-refractivity contribution in [2.24, 2.45) is 7.05 Å². The van der Waals surface area contributed by atoms with Gasteiger partial charge >= 0.3 is 0 Å². The van der Waals surface area contributed by atoms with Crippen molar-refractivity contribution < 1.29 is 13.4 Å². The Labute approximate surface area is 112 Å². The van der Waals surface area contributed by atoms with Gasteiger partial charge in [0.15, 0.2) is 6.20 Å². The average Bonchev–Trinajstić information content (AvgIpc) is 2.86. The van der Waals surface area contributed by atoms with Gasteiger partial charge in [0.25, 0.3) is 0 Å². The van der Waals surface area contributed by atoms with Crippen molar-refractivity contribution in [3.05, 3.63) is 47.2 Å². The lowest BCUT2D eigenvalue weighted by atomic mass is 9.99. The predicted octanol–water partition coefficient (Wildman–Crippen LogP) is 2.73. The highest BCUT2D eigenvalue weighted by atomic mass is 16.5. The molecule has 0 aliphatic carbocycles. The van der Waals surface area contributed by atoms with E-state index in [-0.39, 0.29) is 0 Å². The van der Waals surface area contributed by atoms with Gasteiger partial charge < -0.3 is 4.74 Å². The Morgan fingerprint density at radius 2 is 2.17 bits per heavy atom. The van der Waals surface area contributed by atoms with E-state index in [1.807, 2.05) is 17.7 Å². The van der Waals surface area contributed by atoms with Crippen LogP contribution in [0.25, 0.3) is 11.3 Å². The number of benzene rings is 1. The third-order valence-electron chi connectivity index (χ3n) is 3.45.